The quantitative estimate of drug-likeness (QED) is 0.231. The summed E-state index contributed by atoms with van der Waals surface area (Å²) in [7, 11) is 0. The Bertz CT molecular complexity index is 1550. The average molecular weight is 543 g/mol. The number of anilines is 1. The van der Waals surface area contributed by atoms with Gasteiger partial charge in [-0.15, -0.1) is 0 Å². The monoisotopic (exact) mass is 542 g/mol. The van der Waals surface area contributed by atoms with Gasteiger partial charge < -0.3 is 21.9 Å². The third kappa shape index (κ3) is 4.99. The minimum atomic E-state index is -1.11. The van der Waals surface area contributed by atoms with Gasteiger partial charge in [0.1, 0.15) is 0 Å². The highest BCUT2D eigenvalue weighted by molar-refractivity contribution is 9.10. The number of hydrogen-bond donors (Lipinski definition) is 4. The first-order valence-electron chi connectivity index (χ1n) is 11.0. The molecule has 0 aliphatic heterocycles. The number of carboxylic acid groups (broad SMARTS) is 1. The standard InChI is InChI=1S/C28H23BrN4O3/c1-16-25(21-15-19(29)10-12-24(21)32-26(16)17-6-3-2-4-7-17)27(34)33-23-11-9-18(28(35)36)14-20(23)22(31)8-5-13-30/h2-15H,30-31H2,1H3,(H,33,34)(H,35,36)/b13-5-,22-8-. The third-order valence-corrected chi connectivity index (χ3v) is 6.17. The predicted molar refractivity (Wildman–Crippen MR) is 146 cm³/mol. The van der Waals surface area contributed by atoms with Gasteiger partial charge in [-0.05, 0) is 67.2 Å². The molecule has 0 aliphatic rings. The molecule has 180 valence electrons. The summed E-state index contributed by atoms with van der Waals surface area (Å²) in [6.45, 7) is 1.86. The summed E-state index contributed by atoms with van der Waals surface area (Å²) in [4.78, 5) is 30.2. The zero-order valence-electron chi connectivity index (χ0n) is 19.3. The molecular formula is C28H23BrN4O3. The Balaban J connectivity index is 1.88. The van der Waals surface area contributed by atoms with E-state index in [1.54, 1.807) is 0 Å². The molecule has 0 fully saturated rings. The Morgan fingerprint density at radius 3 is 2.50 bits per heavy atom. The van der Waals surface area contributed by atoms with Crippen molar-refractivity contribution >= 4 is 50.1 Å². The smallest absolute Gasteiger partial charge is 0.335 e. The van der Waals surface area contributed by atoms with Gasteiger partial charge in [0.25, 0.3) is 5.91 Å². The van der Waals surface area contributed by atoms with Gasteiger partial charge in [0.2, 0.25) is 0 Å². The number of carbonyl (C=O) groups excluding carboxylic acids is 1. The summed E-state index contributed by atoms with van der Waals surface area (Å²) < 4.78 is 0.810. The molecule has 7 nitrogen and oxygen atoms in total. The van der Waals surface area contributed by atoms with Crippen LogP contribution in [0.4, 0.5) is 5.69 Å². The van der Waals surface area contributed by atoms with E-state index < -0.39 is 5.97 Å². The second kappa shape index (κ2) is 10.5. The molecular weight excluding hydrogens is 520 g/mol. The summed E-state index contributed by atoms with van der Waals surface area (Å²) in [5.74, 6) is -1.48. The second-order valence-corrected chi connectivity index (χ2v) is 8.93. The molecule has 1 aromatic heterocycles. The Labute approximate surface area is 216 Å². The molecule has 0 radical (unpaired) electrons. The number of nitrogens with one attached hydrogen (secondary N) is 1. The molecule has 1 amide bonds. The van der Waals surface area contributed by atoms with Gasteiger partial charge in [-0.25, -0.2) is 9.78 Å². The van der Waals surface area contributed by atoms with E-state index in [0.29, 0.717) is 39.0 Å². The van der Waals surface area contributed by atoms with Gasteiger partial charge in [0, 0.05) is 26.7 Å². The fourth-order valence-electron chi connectivity index (χ4n) is 3.96. The summed E-state index contributed by atoms with van der Waals surface area (Å²) in [6, 6.07) is 19.6. The van der Waals surface area contributed by atoms with Crippen LogP contribution in [0.25, 0.3) is 27.9 Å². The van der Waals surface area contributed by atoms with Gasteiger partial charge in [0.05, 0.1) is 28.0 Å². The fourth-order valence-corrected chi connectivity index (χ4v) is 4.32. The number of pyridine rings is 1. The summed E-state index contributed by atoms with van der Waals surface area (Å²) >= 11 is 3.49. The number of carbonyl (C=O) groups is 2. The number of fused-ring (bicyclic) bond motifs is 1. The van der Waals surface area contributed by atoms with Crippen molar-refractivity contribution in [3.8, 4) is 11.3 Å². The average Bonchev–Trinajstić information content (AvgIpc) is 2.87. The lowest BCUT2D eigenvalue weighted by molar-refractivity contribution is 0.0696. The molecule has 0 unspecified atom stereocenters. The molecule has 36 heavy (non-hydrogen) atoms. The molecule has 0 spiro atoms. The molecule has 6 N–H and O–H groups in total. The van der Waals surface area contributed by atoms with Gasteiger partial charge >= 0.3 is 5.97 Å². The zero-order chi connectivity index (χ0) is 25.8. The Morgan fingerprint density at radius 2 is 1.81 bits per heavy atom. The Kier molecular flexibility index (Phi) is 7.17. The van der Waals surface area contributed by atoms with Crippen LogP contribution in [0.1, 0.15) is 31.8 Å². The normalized spacial score (nSPS) is 11.7. The van der Waals surface area contributed by atoms with E-state index in [4.69, 9.17) is 16.5 Å². The van der Waals surface area contributed by atoms with Gasteiger partial charge in [-0.3, -0.25) is 4.79 Å². The maximum atomic E-state index is 13.8. The van der Waals surface area contributed by atoms with Crippen molar-refractivity contribution in [2.45, 2.75) is 6.92 Å². The first kappa shape index (κ1) is 24.7. The van der Waals surface area contributed by atoms with Crippen LogP contribution in [-0.4, -0.2) is 22.0 Å². The van der Waals surface area contributed by atoms with Crippen LogP contribution in [0, 0.1) is 6.92 Å². The number of rotatable bonds is 6. The highest BCUT2D eigenvalue weighted by atomic mass is 79.9. The summed E-state index contributed by atoms with van der Waals surface area (Å²) in [6.07, 6.45) is 4.37. The largest absolute Gasteiger partial charge is 0.478 e. The Morgan fingerprint density at radius 1 is 1.06 bits per heavy atom. The molecule has 0 atom stereocenters. The van der Waals surface area contributed by atoms with Crippen molar-refractivity contribution < 1.29 is 14.7 Å². The molecule has 0 bridgehead atoms. The molecule has 3 aromatic carbocycles. The molecule has 4 rings (SSSR count). The molecule has 0 aliphatic carbocycles. The lowest BCUT2D eigenvalue weighted by Gasteiger charge is -2.17. The fraction of sp³-hybridized carbons (Fsp3) is 0.0357. The molecule has 0 saturated carbocycles. The van der Waals surface area contributed by atoms with E-state index in [-0.39, 0.29) is 17.2 Å². The van der Waals surface area contributed by atoms with E-state index >= 15 is 0 Å². The number of nitrogens with two attached hydrogens (primary N) is 2. The van der Waals surface area contributed by atoms with Crippen LogP contribution >= 0.6 is 15.9 Å². The SMILES string of the molecule is Cc1c(-c2ccccc2)nc2ccc(Br)cc2c1C(=O)Nc1ccc(C(=O)O)cc1/C(N)=C/C=C\N. The maximum absolute atomic E-state index is 13.8. The van der Waals surface area contributed by atoms with E-state index in [9.17, 15) is 14.7 Å². The van der Waals surface area contributed by atoms with Crippen molar-refractivity contribution in [1.82, 2.24) is 4.98 Å². The zero-order valence-corrected chi connectivity index (χ0v) is 20.9. The molecule has 8 heteroatoms. The number of aromatic carboxylic acids is 1. The number of carboxylic acids is 1. The highest BCUT2D eigenvalue weighted by Crippen LogP contribution is 2.32. The summed E-state index contributed by atoms with van der Waals surface area (Å²) in [5.41, 5.74) is 16.1. The molecule has 4 aromatic rings. The lowest BCUT2D eigenvalue weighted by Crippen LogP contribution is -2.17. The van der Waals surface area contributed by atoms with Crippen LogP contribution in [0.2, 0.25) is 0 Å². The third-order valence-electron chi connectivity index (χ3n) is 5.68. The number of allylic oxidation sites excluding steroid dienone is 2. The minimum absolute atomic E-state index is 0.0388. The minimum Gasteiger partial charge on any atom is -0.478 e. The number of benzene rings is 3. The summed E-state index contributed by atoms with van der Waals surface area (Å²) in [5, 5.41) is 13.1. The van der Waals surface area contributed by atoms with Crippen molar-refractivity contribution in [2.24, 2.45) is 11.5 Å². The van der Waals surface area contributed by atoms with Crippen molar-refractivity contribution in [2.75, 3.05) is 5.32 Å². The first-order valence-corrected chi connectivity index (χ1v) is 11.8. The number of hydrogen-bond acceptors (Lipinski definition) is 5. The van der Waals surface area contributed by atoms with E-state index in [2.05, 4.69) is 21.2 Å². The van der Waals surface area contributed by atoms with Crippen molar-refractivity contribution in [1.29, 1.82) is 0 Å². The van der Waals surface area contributed by atoms with Crippen LogP contribution in [0.5, 0.6) is 0 Å². The van der Waals surface area contributed by atoms with Gasteiger partial charge in [-0.2, -0.15) is 0 Å². The first-order chi connectivity index (χ1) is 17.3. The number of aromatic nitrogens is 1. The highest BCUT2D eigenvalue weighted by Gasteiger charge is 2.21. The number of amides is 1. The van der Waals surface area contributed by atoms with Gasteiger partial charge in [-0.1, -0.05) is 46.3 Å². The lowest BCUT2D eigenvalue weighted by atomic mass is 9.97. The van der Waals surface area contributed by atoms with Crippen molar-refractivity contribution in [3.63, 3.8) is 0 Å². The van der Waals surface area contributed by atoms with E-state index in [0.717, 1.165) is 10.0 Å². The maximum Gasteiger partial charge on any atom is 0.335 e. The van der Waals surface area contributed by atoms with Gasteiger partial charge in [0.15, 0.2) is 0 Å². The molecule has 0 saturated heterocycles. The van der Waals surface area contributed by atoms with Crippen LogP contribution in [0.3, 0.4) is 0 Å². The number of nitrogens with zero attached hydrogens (tertiary/aromatic N) is 1. The van der Waals surface area contributed by atoms with Crippen molar-refractivity contribution in [3.05, 3.63) is 112 Å². The number of halogens is 1. The van der Waals surface area contributed by atoms with E-state index in [1.165, 1.54) is 36.6 Å². The predicted octanol–water partition coefficient (Wildman–Crippen LogP) is 5.70. The topological polar surface area (TPSA) is 131 Å². The van der Waals surface area contributed by atoms with Crippen LogP contribution in [-0.2, 0) is 0 Å². The van der Waals surface area contributed by atoms with E-state index in [1.807, 2.05) is 55.5 Å². The second-order valence-electron chi connectivity index (χ2n) is 8.01. The van der Waals surface area contributed by atoms with Crippen LogP contribution < -0.4 is 16.8 Å². The van der Waals surface area contributed by atoms with Crippen LogP contribution in [0.15, 0.2) is 89.6 Å². The molecule has 1 heterocycles. The Hall–Kier alpha value is -4.43.